The number of aliphatic carboxylic acids is 1. The fourth-order valence-electron chi connectivity index (χ4n) is 2.83. The van der Waals surface area contributed by atoms with Crippen LogP contribution in [0.1, 0.15) is 15.9 Å². The third-order valence-electron chi connectivity index (χ3n) is 4.23. The Morgan fingerprint density at radius 3 is 2.00 bits per heavy atom. The fourth-order valence-corrected chi connectivity index (χ4v) is 4.12. The average Bonchev–Trinajstić information content (AvgIpc) is 2.68. The van der Waals surface area contributed by atoms with E-state index < -0.39 is 17.9 Å². The first-order chi connectivity index (χ1) is 13.4. The van der Waals surface area contributed by atoms with Gasteiger partial charge in [0.25, 0.3) is 5.91 Å². The molecule has 3 rings (SSSR count). The van der Waals surface area contributed by atoms with Crippen molar-refractivity contribution in [2.75, 3.05) is 0 Å². The maximum atomic E-state index is 12.5. The molecule has 0 spiro atoms. The van der Waals surface area contributed by atoms with Crippen molar-refractivity contribution < 1.29 is 14.7 Å². The van der Waals surface area contributed by atoms with E-state index >= 15 is 0 Å². The Morgan fingerprint density at radius 1 is 0.857 bits per heavy atom. The number of carboxylic acids is 1. The molecule has 28 heavy (non-hydrogen) atoms. The van der Waals surface area contributed by atoms with Gasteiger partial charge in [0.2, 0.25) is 0 Å². The first-order valence-electron chi connectivity index (χ1n) is 8.56. The summed E-state index contributed by atoms with van der Waals surface area (Å²) in [5, 5.41) is 12.1. The minimum atomic E-state index is -1.07. The number of carbonyl (C=O) groups excluding carboxylic acids is 1. The van der Waals surface area contributed by atoms with E-state index in [-0.39, 0.29) is 6.42 Å². The molecule has 3 aromatic rings. The van der Waals surface area contributed by atoms with Crippen LogP contribution in [0.5, 0.6) is 0 Å². The van der Waals surface area contributed by atoms with Gasteiger partial charge in [-0.2, -0.15) is 0 Å². The van der Waals surface area contributed by atoms with E-state index in [0.29, 0.717) is 5.56 Å². The molecule has 0 bridgehead atoms. The van der Waals surface area contributed by atoms with Gasteiger partial charge in [-0.3, -0.25) is 4.79 Å². The zero-order valence-corrected chi connectivity index (χ0v) is 17.9. The molecule has 1 amide bonds. The number of rotatable bonds is 6. The second-order valence-electron chi connectivity index (χ2n) is 6.29. The van der Waals surface area contributed by atoms with Gasteiger partial charge in [-0.25, -0.2) is 4.79 Å². The predicted octanol–water partition coefficient (Wildman–Crippen LogP) is 5.30. The number of carbonyl (C=O) groups is 2. The molecule has 142 valence electrons. The lowest BCUT2D eigenvalue weighted by Gasteiger charge is -2.15. The second kappa shape index (κ2) is 9.17. The fraction of sp³-hybridized carbons (Fsp3) is 0.0909. The van der Waals surface area contributed by atoms with E-state index in [1.807, 2.05) is 54.6 Å². The minimum absolute atomic E-state index is 0.200. The molecule has 0 saturated carbocycles. The van der Waals surface area contributed by atoms with E-state index in [2.05, 4.69) is 37.2 Å². The molecule has 6 heteroatoms. The summed E-state index contributed by atoms with van der Waals surface area (Å²) in [4.78, 5) is 24.1. The predicted molar refractivity (Wildman–Crippen MR) is 116 cm³/mol. The lowest BCUT2D eigenvalue weighted by Crippen LogP contribution is -2.42. The van der Waals surface area contributed by atoms with Crippen molar-refractivity contribution in [3.8, 4) is 11.1 Å². The summed E-state index contributed by atoms with van der Waals surface area (Å²) in [5.74, 6) is -1.51. The summed E-state index contributed by atoms with van der Waals surface area (Å²) in [5.41, 5.74) is 3.37. The van der Waals surface area contributed by atoms with Crippen LogP contribution in [0, 0.1) is 0 Å². The lowest BCUT2D eigenvalue weighted by atomic mass is 10.0. The van der Waals surface area contributed by atoms with Crippen LogP contribution in [-0.2, 0) is 11.2 Å². The quantitative estimate of drug-likeness (QED) is 0.480. The first kappa shape index (κ1) is 20.3. The van der Waals surface area contributed by atoms with Gasteiger partial charge >= 0.3 is 5.97 Å². The summed E-state index contributed by atoms with van der Waals surface area (Å²) in [6.45, 7) is 0. The number of carboxylic acid groups (broad SMARTS) is 1. The number of amides is 1. The number of hydrogen-bond donors (Lipinski definition) is 2. The molecule has 1 atom stereocenters. The summed E-state index contributed by atoms with van der Waals surface area (Å²) in [7, 11) is 0. The smallest absolute Gasteiger partial charge is 0.326 e. The number of hydrogen-bond acceptors (Lipinski definition) is 2. The molecule has 4 nitrogen and oxygen atoms in total. The van der Waals surface area contributed by atoms with Gasteiger partial charge < -0.3 is 10.4 Å². The summed E-state index contributed by atoms with van der Waals surface area (Å²) in [6.07, 6.45) is 0.200. The van der Waals surface area contributed by atoms with Crippen molar-refractivity contribution in [1.82, 2.24) is 5.32 Å². The Labute approximate surface area is 179 Å². The standard InChI is InChI=1S/C22H17Br2NO3/c23-18-11-17(12-19(24)13-18)21(26)25-20(22(27)28)10-14-6-8-16(9-7-14)15-4-2-1-3-5-15/h1-9,11-13,20H,10H2,(H,25,26)(H,27,28)/t20-/m0/s1. The van der Waals surface area contributed by atoms with Gasteiger partial charge in [0, 0.05) is 20.9 Å². The summed E-state index contributed by atoms with van der Waals surface area (Å²) < 4.78 is 1.46. The van der Waals surface area contributed by atoms with E-state index in [4.69, 9.17) is 0 Å². The van der Waals surface area contributed by atoms with Crippen LogP contribution in [0.15, 0.2) is 81.7 Å². The van der Waals surface area contributed by atoms with Gasteiger partial charge in [-0.05, 0) is 34.9 Å². The Hall–Kier alpha value is -2.44. The molecule has 0 radical (unpaired) electrons. The van der Waals surface area contributed by atoms with Crippen LogP contribution in [0.25, 0.3) is 11.1 Å². The van der Waals surface area contributed by atoms with Crippen LogP contribution in [0.3, 0.4) is 0 Å². The molecule has 0 aromatic heterocycles. The van der Waals surface area contributed by atoms with Crippen molar-refractivity contribution in [2.45, 2.75) is 12.5 Å². The summed E-state index contributed by atoms with van der Waals surface area (Å²) >= 11 is 6.66. The largest absolute Gasteiger partial charge is 0.480 e. The molecule has 0 fully saturated rings. The highest BCUT2D eigenvalue weighted by molar-refractivity contribution is 9.11. The number of halogens is 2. The van der Waals surface area contributed by atoms with Crippen LogP contribution in [0.2, 0.25) is 0 Å². The average molecular weight is 503 g/mol. The molecule has 0 aliphatic heterocycles. The SMILES string of the molecule is O=C(N[C@@H](Cc1ccc(-c2ccccc2)cc1)C(=O)O)c1cc(Br)cc(Br)c1. The van der Waals surface area contributed by atoms with Crippen molar-refractivity contribution in [2.24, 2.45) is 0 Å². The van der Waals surface area contributed by atoms with Crippen LogP contribution in [0.4, 0.5) is 0 Å². The van der Waals surface area contributed by atoms with E-state index in [0.717, 1.165) is 25.6 Å². The van der Waals surface area contributed by atoms with Crippen molar-refractivity contribution in [3.63, 3.8) is 0 Å². The van der Waals surface area contributed by atoms with E-state index in [1.54, 1.807) is 18.2 Å². The van der Waals surface area contributed by atoms with Crippen LogP contribution >= 0.6 is 31.9 Å². The Morgan fingerprint density at radius 2 is 1.43 bits per heavy atom. The third-order valence-corrected chi connectivity index (χ3v) is 5.14. The van der Waals surface area contributed by atoms with Gasteiger partial charge in [-0.1, -0.05) is 86.5 Å². The van der Waals surface area contributed by atoms with E-state index in [9.17, 15) is 14.7 Å². The highest BCUT2D eigenvalue weighted by Gasteiger charge is 2.21. The van der Waals surface area contributed by atoms with Crippen molar-refractivity contribution >= 4 is 43.7 Å². The first-order valence-corrected chi connectivity index (χ1v) is 10.1. The Kier molecular flexibility index (Phi) is 6.65. The Bertz CT molecular complexity index is 968. The summed E-state index contributed by atoms with van der Waals surface area (Å²) in [6, 6.07) is 21.7. The van der Waals surface area contributed by atoms with Crippen LogP contribution in [-0.4, -0.2) is 23.0 Å². The highest BCUT2D eigenvalue weighted by Crippen LogP contribution is 2.21. The molecule has 3 aromatic carbocycles. The lowest BCUT2D eigenvalue weighted by molar-refractivity contribution is -0.139. The van der Waals surface area contributed by atoms with Gasteiger partial charge in [-0.15, -0.1) is 0 Å². The molecular weight excluding hydrogens is 486 g/mol. The topological polar surface area (TPSA) is 66.4 Å². The molecule has 0 heterocycles. The monoisotopic (exact) mass is 501 g/mol. The van der Waals surface area contributed by atoms with E-state index in [1.165, 1.54) is 0 Å². The highest BCUT2D eigenvalue weighted by atomic mass is 79.9. The van der Waals surface area contributed by atoms with Crippen LogP contribution < -0.4 is 5.32 Å². The zero-order chi connectivity index (χ0) is 20.1. The molecule has 2 N–H and O–H groups in total. The van der Waals surface area contributed by atoms with Gasteiger partial charge in [0.1, 0.15) is 6.04 Å². The maximum absolute atomic E-state index is 12.5. The number of nitrogens with one attached hydrogen (secondary N) is 1. The normalized spacial score (nSPS) is 11.6. The van der Waals surface area contributed by atoms with Gasteiger partial charge in [0.15, 0.2) is 0 Å². The van der Waals surface area contributed by atoms with Crippen molar-refractivity contribution in [3.05, 3.63) is 92.9 Å². The molecule has 0 aliphatic carbocycles. The number of benzene rings is 3. The second-order valence-corrected chi connectivity index (χ2v) is 8.12. The Balaban J connectivity index is 1.72. The maximum Gasteiger partial charge on any atom is 0.326 e. The van der Waals surface area contributed by atoms with Gasteiger partial charge in [0.05, 0.1) is 0 Å². The molecule has 0 saturated heterocycles. The molecule has 0 aliphatic rings. The third kappa shape index (κ3) is 5.30. The zero-order valence-electron chi connectivity index (χ0n) is 14.7. The molecule has 0 unspecified atom stereocenters. The minimum Gasteiger partial charge on any atom is -0.480 e. The molecular formula is C22H17Br2NO3. The van der Waals surface area contributed by atoms with Crippen molar-refractivity contribution in [1.29, 1.82) is 0 Å².